The number of nitrogens with one attached hydrogen (secondary N) is 1. The van der Waals surface area contributed by atoms with Crippen LogP contribution in [-0.4, -0.2) is 50.7 Å². The van der Waals surface area contributed by atoms with E-state index in [1.54, 1.807) is 12.0 Å². The number of hydrogen-bond donors (Lipinski definition) is 1. The minimum atomic E-state index is 0.0330. The van der Waals surface area contributed by atoms with E-state index in [0.717, 1.165) is 19.4 Å². The van der Waals surface area contributed by atoms with Crippen molar-refractivity contribution >= 4 is 5.91 Å². The SMILES string of the molecule is COCCN(C)C(=O)C1CCCCN1. The van der Waals surface area contributed by atoms with Crippen molar-refractivity contribution in [1.29, 1.82) is 0 Å². The van der Waals surface area contributed by atoms with Gasteiger partial charge in [-0.25, -0.2) is 0 Å². The van der Waals surface area contributed by atoms with E-state index in [9.17, 15) is 4.79 Å². The molecule has 1 rings (SSSR count). The lowest BCUT2D eigenvalue weighted by molar-refractivity contribution is -0.133. The topological polar surface area (TPSA) is 41.6 Å². The normalized spacial score (nSPS) is 22.0. The van der Waals surface area contributed by atoms with E-state index in [-0.39, 0.29) is 11.9 Å². The van der Waals surface area contributed by atoms with E-state index < -0.39 is 0 Å². The summed E-state index contributed by atoms with van der Waals surface area (Å²) in [5.74, 6) is 0.196. The number of nitrogens with zero attached hydrogens (tertiary/aromatic N) is 1. The van der Waals surface area contributed by atoms with Crippen molar-refractivity contribution in [2.45, 2.75) is 25.3 Å². The van der Waals surface area contributed by atoms with Crippen LogP contribution in [0, 0.1) is 0 Å². The molecule has 4 heteroatoms. The first-order valence-corrected chi connectivity index (χ1v) is 5.23. The fourth-order valence-electron chi connectivity index (χ4n) is 1.67. The van der Waals surface area contributed by atoms with E-state index in [1.165, 1.54) is 6.42 Å². The number of carbonyl (C=O) groups is 1. The Morgan fingerprint density at radius 3 is 2.93 bits per heavy atom. The highest BCUT2D eigenvalue weighted by Gasteiger charge is 2.22. The minimum Gasteiger partial charge on any atom is -0.383 e. The fraction of sp³-hybridized carbons (Fsp3) is 0.900. The zero-order valence-electron chi connectivity index (χ0n) is 9.08. The molecular formula is C10H20N2O2. The average molecular weight is 200 g/mol. The van der Waals surface area contributed by atoms with Crippen LogP contribution >= 0.6 is 0 Å². The maximum absolute atomic E-state index is 11.8. The van der Waals surface area contributed by atoms with Gasteiger partial charge in [-0.1, -0.05) is 6.42 Å². The molecule has 0 bridgehead atoms. The van der Waals surface area contributed by atoms with Gasteiger partial charge >= 0.3 is 0 Å². The zero-order valence-corrected chi connectivity index (χ0v) is 9.08. The Kier molecular flexibility index (Phi) is 4.90. The van der Waals surface area contributed by atoms with Crippen molar-refractivity contribution in [3.05, 3.63) is 0 Å². The van der Waals surface area contributed by atoms with Crippen LogP contribution < -0.4 is 5.32 Å². The smallest absolute Gasteiger partial charge is 0.239 e. The molecule has 1 aliphatic heterocycles. The molecule has 4 nitrogen and oxygen atoms in total. The maximum Gasteiger partial charge on any atom is 0.239 e. The van der Waals surface area contributed by atoms with Crippen LogP contribution in [0.3, 0.4) is 0 Å². The summed E-state index contributed by atoms with van der Waals surface area (Å²) >= 11 is 0. The van der Waals surface area contributed by atoms with Crippen LogP contribution in [0.4, 0.5) is 0 Å². The van der Waals surface area contributed by atoms with Gasteiger partial charge in [0.05, 0.1) is 12.6 Å². The number of amides is 1. The Labute approximate surface area is 85.6 Å². The molecule has 1 aliphatic rings. The van der Waals surface area contributed by atoms with Gasteiger partial charge in [-0.05, 0) is 19.4 Å². The molecule has 14 heavy (non-hydrogen) atoms. The van der Waals surface area contributed by atoms with E-state index in [1.807, 2.05) is 7.05 Å². The first-order valence-electron chi connectivity index (χ1n) is 5.23. The predicted molar refractivity (Wildman–Crippen MR) is 55.2 cm³/mol. The van der Waals surface area contributed by atoms with Crippen LogP contribution in [0.1, 0.15) is 19.3 Å². The molecule has 1 atom stereocenters. The third-order valence-electron chi connectivity index (χ3n) is 2.62. The monoisotopic (exact) mass is 200 g/mol. The standard InChI is InChI=1S/C10H20N2O2/c1-12(7-8-14-2)10(13)9-5-3-4-6-11-9/h9,11H,3-8H2,1-2H3. The lowest BCUT2D eigenvalue weighted by atomic mass is 10.0. The summed E-state index contributed by atoms with van der Waals surface area (Å²) in [5, 5.41) is 3.24. The van der Waals surface area contributed by atoms with E-state index >= 15 is 0 Å². The van der Waals surface area contributed by atoms with E-state index in [2.05, 4.69) is 5.32 Å². The van der Waals surface area contributed by atoms with Crippen molar-refractivity contribution in [2.24, 2.45) is 0 Å². The second-order valence-electron chi connectivity index (χ2n) is 3.76. The van der Waals surface area contributed by atoms with Gasteiger partial charge in [-0.15, -0.1) is 0 Å². The van der Waals surface area contributed by atoms with Crippen LogP contribution in [0.2, 0.25) is 0 Å². The van der Waals surface area contributed by atoms with Crippen LogP contribution in [0.5, 0.6) is 0 Å². The van der Waals surface area contributed by atoms with Gasteiger partial charge in [0.25, 0.3) is 0 Å². The largest absolute Gasteiger partial charge is 0.383 e. The first-order chi connectivity index (χ1) is 6.75. The molecule has 0 aromatic rings. The Morgan fingerprint density at radius 1 is 1.57 bits per heavy atom. The Balaban J connectivity index is 2.30. The second-order valence-corrected chi connectivity index (χ2v) is 3.76. The third-order valence-corrected chi connectivity index (χ3v) is 2.62. The molecule has 1 N–H and O–H groups in total. The van der Waals surface area contributed by atoms with Crippen molar-refractivity contribution in [3.8, 4) is 0 Å². The van der Waals surface area contributed by atoms with Gasteiger partial charge < -0.3 is 15.0 Å². The molecule has 0 saturated carbocycles. The highest BCUT2D eigenvalue weighted by atomic mass is 16.5. The molecule has 1 fully saturated rings. The zero-order chi connectivity index (χ0) is 10.4. The molecule has 82 valence electrons. The van der Waals surface area contributed by atoms with Gasteiger partial charge in [0.1, 0.15) is 0 Å². The summed E-state index contributed by atoms with van der Waals surface area (Å²) in [4.78, 5) is 13.6. The summed E-state index contributed by atoms with van der Waals surface area (Å²) < 4.78 is 4.94. The van der Waals surface area contributed by atoms with Crippen LogP contribution in [0.15, 0.2) is 0 Å². The Bertz CT molecular complexity index is 179. The second kappa shape index (κ2) is 5.98. The molecule has 0 radical (unpaired) electrons. The molecule has 0 aliphatic carbocycles. The summed E-state index contributed by atoms with van der Waals surface area (Å²) in [5.41, 5.74) is 0. The highest BCUT2D eigenvalue weighted by Crippen LogP contribution is 2.08. The molecule has 0 aromatic carbocycles. The minimum absolute atomic E-state index is 0.0330. The fourth-order valence-corrected chi connectivity index (χ4v) is 1.67. The quantitative estimate of drug-likeness (QED) is 0.706. The molecule has 0 aromatic heterocycles. The van der Waals surface area contributed by atoms with Crippen molar-refractivity contribution in [1.82, 2.24) is 10.2 Å². The van der Waals surface area contributed by atoms with Crippen LogP contribution in [0.25, 0.3) is 0 Å². The summed E-state index contributed by atoms with van der Waals surface area (Å²) in [6, 6.07) is 0.0330. The van der Waals surface area contributed by atoms with Gasteiger partial charge in [0, 0.05) is 20.7 Å². The van der Waals surface area contributed by atoms with Crippen molar-refractivity contribution < 1.29 is 9.53 Å². The van der Waals surface area contributed by atoms with Crippen LogP contribution in [-0.2, 0) is 9.53 Å². The number of carbonyl (C=O) groups excluding carboxylic acids is 1. The van der Waals surface area contributed by atoms with Gasteiger partial charge in [-0.2, -0.15) is 0 Å². The van der Waals surface area contributed by atoms with Gasteiger partial charge in [-0.3, -0.25) is 4.79 Å². The third kappa shape index (κ3) is 3.27. The maximum atomic E-state index is 11.8. The average Bonchev–Trinajstić information content (AvgIpc) is 2.26. The molecule has 1 amide bonds. The lowest BCUT2D eigenvalue weighted by Gasteiger charge is -2.27. The molecular weight excluding hydrogens is 180 g/mol. The Hall–Kier alpha value is -0.610. The molecule has 1 unspecified atom stereocenters. The number of hydrogen-bond acceptors (Lipinski definition) is 3. The number of piperidine rings is 1. The molecule has 1 saturated heterocycles. The summed E-state index contributed by atoms with van der Waals surface area (Å²) in [6.45, 7) is 2.25. The molecule has 1 heterocycles. The highest BCUT2D eigenvalue weighted by molar-refractivity contribution is 5.81. The van der Waals surface area contributed by atoms with Gasteiger partial charge in [0.15, 0.2) is 0 Å². The number of ether oxygens (including phenoxy) is 1. The number of likely N-dealkylation sites (N-methyl/N-ethyl adjacent to an activating group) is 1. The molecule has 0 spiro atoms. The summed E-state index contributed by atoms with van der Waals surface area (Å²) in [6.07, 6.45) is 3.31. The van der Waals surface area contributed by atoms with Crippen molar-refractivity contribution in [3.63, 3.8) is 0 Å². The van der Waals surface area contributed by atoms with E-state index in [4.69, 9.17) is 4.74 Å². The lowest BCUT2D eigenvalue weighted by Crippen LogP contribution is -2.47. The van der Waals surface area contributed by atoms with Gasteiger partial charge in [0.2, 0.25) is 5.91 Å². The van der Waals surface area contributed by atoms with E-state index in [0.29, 0.717) is 13.2 Å². The number of rotatable bonds is 4. The number of methoxy groups -OCH3 is 1. The van der Waals surface area contributed by atoms with Crippen molar-refractivity contribution in [2.75, 3.05) is 33.9 Å². The summed E-state index contributed by atoms with van der Waals surface area (Å²) in [7, 11) is 3.48. The predicted octanol–water partition coefficient (Wildman–Crippen LogP) is 0.233. The Morgan fingerprint density at radius 2 is 2.36 bits per heavy atom. The first kappa shape index (κ1) is 11.5.